The number of ether oxygens (including phenoxy) is 3. The molecule has 0 unspecified atom stereocenters. The molecule has 11 nitrogen and oxygen atoms in total. The van der Waals surface area contributed by atoms with Crippen LogP contribution in [0.2, 0.25) is 0 Å². The zero-order valence-corrected chi connectivity index (χ0v) is 19.5. The fourth-order valence-electron chi connectivity index (χ4n) is 3.46. The molecule has 1 amide bonds. The minimum absolute atomic E-state index is 0.00547. The summed E-state index contributed by atoms with van der Waals surface area (Å²) in [6.07, 6.45) is 0. The van der Waals surface area contributed by atoms with Crippen molar-refractivity contribution in [2.75, 3.05) is 18.1 Å². The molecule has 0 saturated heterocycles. The number of hydrogen-bond acceptors (Lipinski definition) is 9. The average molecular weight is 481 g/mol. The van der Waals surface area contributed by atoms with Crippen molar-refractivity contribution < 1.29 is 38.2 Å². The number of carbonyl (C=O) groups is 3. The number of benzene rings is 2. The Hall–Kier alpha value is -4.41. The second kappa shape index (κ2) is 9.09. The minimum atomic E-state index is -1.21. The Kier molecular flexibility index (Phi) is 6.16. The van der Waals surface area contributed by atoms with E-state index in [2.05, 4.69) is 10.1 Å². The van der Waals surface area contributed by atoms with Gasteiger partial charge in [0.1, 0.15) is 29.2 Å². The van der Waals surface area contributed by atoms with Crippen LogP contribution in [0.1, 0.15) is 37.0 Å². The number of aliphatic carboxylic acids is 1. The molecular formula is C24H23N3O8. The first kappa shape index (κ1) is 23.7. The van der Waals surface area contributed by atoms with Crippen LogP contribution in [-0.2, 0) is 14.3 Å². The lowest BCUT2D eigenvalue weighted by Gasteiger charge is -2.25. The summed E-state index contributed by atoms with van der Waals surface area (Å²) in [6, 6.07) is 9.49. The Morgan fingerprint density at radius 1 is 1.14 bits per heavy atom. The van der Waals surface area contributed by atoms with Gasteiger partial charge in [-0.1, -0.05) is 11.2 Å². The van der Waals surface area contributed by atoms with Crippen LogP contribution in [0.3, 0.4) is 0 Å². The minimum Gasteiger partial charge on any atom is -0.481 e. The molecule has 0 aliphatic carbocycles. The summed E-state index contributed by atoms with van der Waals surface area (Å²) >= 11 is 0. The molecule has 35 heavy (non-hydrogen) atoms. The summed E-state index contributed by atoms with van der Waals surface area (Å²) in [4.78, 5) is 43.0. The van der Waals surface area contributed by atoms with Gasteiger partial charge in [0.2, 0.25) is 11.7 Å². The number of nitrogens with zero attached hydrogens (tertiary/aromatic N) is 3. The lowest BCUT2D eigenvalue weighted by Crippen LogP contribution is -2.38. The van der Waals surface area contributed by atoms with Crippen LogP contribution in [0.15, 0.2) is 40.9 Å². The second-order valence-electron chi connectivity index (χ2n) is 8.71. The molecular weight excluding hydrogens is 458 g/mol. The van der Waals surface area contributed by atoms with E-state index in [1.165, 1.54) is 11.0 Å². The van der Waals surface area contributed by atoms with Crippen LogP contribution in [-0.4, -0.2) is 51.8 Å². The number of anilines is 1. The van der Waals surface area contributed by atoms with Crippen molar-refractivity contribution in [3.05, 3.63) is 47.9 Å². The standard InChI is InChI=1S/C24H23N3O8/c1-13-25-22(26-35-13)14-8-9-16-15(10-14)27(11-20(30)34-24(2,3)4)23(31)21-17(32-12-19(28)29)6-5-7-18(21)33-16/h5-10H,11-12H2,1-4H3,(H,28,29). The van der Waals surface area contributed by atoms with Gasteiger partial charge in [-0.3, -0.25) is 14.5 Å². The fourth-order valence-corrected chi connectivity index (χ4v) is 3.46. The molecule has 0 radical (unpaired) electrons. The van der Waals surface area contributed by atoms with Crippen LogP contribution < -0.4 is 14.4 Å². The van der Waals surface area contributed by atoms with E-state index in [9.17, 15) is 14.4 Å². The first-order chi connectivity index (χ1) is 16.5. The molecule has 1 N–H and O–H groups in total. The molecule has 182 valence electrons. The third-order valence-corrected chi connectivity index (χ3v) is 4.76. The number of rotatable bonds is 6. The summed E-state index contributed by atoms with van der Waals surface area (Å²) in [7, 11) is 0. The van der Waals surface area contributed by atoms with Crippen LogP contribution in [0.25, 0.3) is 11.4 Å². The number of fused-ring (bicyclic) bond motifs is 2. The Morgan fingerprint density at radius 3 is 2.57 bits per heavy atom. The Labute approximate surface area is 200 Å². The monoisotopic (exact) mass is 481 g/mol. The van der Waals surface area contributed by atoms with Gasteiger partial charge >= 0.3 is 11.9 Å². The highest BCUT2D eigenvalue weighted by molar-refractivity contribution is 6.13. The van der Waals surface area contributed by atoms with Gasteiger partial charge in [0.05, 0.1) is 5.69 Å². The molecule has 2 heterocycles. The molecule has 1 aromatic heterocycles. The van der Waals surface area contributed by atoms with Crippen molar-refractivity contribution in [1.82, 2.24) is 10.1 Å². The molecule has 11 heteroatoms. The van der Waals surface area contributed by atoms with E-state index in [-0.39, 0.29) is 28.5 Å². The zero-order chi connectivity index (χ0) is 25.3. The largest absolute Gasteiger partial charge is 0.481 e. The molecule has 0 bridgehead atoms. The van der Waals surface area contributed by atoms with E-state index >= 15 is 0 Å². The number of aryl methyl sites for hydroxylation is 1. The topological polar surface area (TPSA) is 141 Å². The summed E-state index contributed by atoms with van der Waals surface area (Å²) < 4.78 is 21.9. The van der Waals surface area contributed by atoms with Crippen LogP contribution in [0.4, 0.5) is 5.69 Å². The van der Waals surface area contributed by atoms with Gasteiger partial charge in [0, 0.05) is 12.5 Å². The maximum Gasteiger partial charge on any atom is 0.341 e. The second-order valence-corrected chi connectivity index (χ2v) is 8.71. The Morgan fingerprint density at radius 2 is 1.91 bits per heavy atom. The molecule has 1 aliphatic rings. The molecule has 1 aliphatic heterocycles. The number of amides is 1. The lowest BCUT2D eigenvalue weighted by atomic mass is 10.1. The van der Waals surface area contributed by atoms with E-state index in [4.69, 9.17) is 23.8 Å². The summed E-state index contributed by atoms with van der Waals surface area (Å²) in [5.41, 5.74) is -0.00523. The third kappa shape index (κ3) is 5.24. The maximum absolute atomic E-state index is 13.8. The highest BCUT2D eigenvalue weighted by atomic mass is 16.6. The van der Waals surface area contributed by atoms with E-state index in [0.29, 0.717) is 17.3 Å². The lowest BCUT2D eigenvalue weighted by molar-refractivity contribution is -0.152. The molecule has 0 spiro atoms. The van der Waals surface area contributed by atoms with Gasteiger partial charge in [-0.05, 0) is 51.1 Å². The molecule has 2 aromatic carbocycles. The van der Waals surface area contributed by atoms with E-state index in [1.807, 2.05) is 0 Å². The van der Waals surface area contributed by atoms with Gasteiger partial charge in [-0.25, -0.2) is 4.79 Å². The van der Waals surface area contributed by atoms with Gasteiger partial charge in [0.15, 0.2) is 12.4 Å². The van der Waals surface area contributed by atoms with E-state index in [0.717, 1.165) is 0 Å². The van der Waals surface area contributed by atoms with Crippen molar-refractivity contribution in [3.63, 3.8) is 0 Å². The van der Waals surface area contributed by atoms with Crippen LogP contribution >= 0.6 is 0 Å². The summed E-state index contributed by atoms with van der Waals surface area (Å²) in [5.74, 6) is -1.40. The third-order valence-electron chi connectivity index (χ3n) is 4.76. The fraction of sp³-hybridized carbons (Fsp3) is 0.292. The van der Waals surface area contributed by atoms with Gasteiger partial charge in [-0.15, -0.1) is 0 Å². The van der Waals surface area contributed by atoms with Gasteiger partial charge in [0.25, 0.3) is 5.91 Å². The summed E-state index contributed by atoms with van der Waals surface area (Å²) in [6.45, 7) is 5.71. The highest BCUT2D eigenvalue weighted by Gasteiger charge is 2.34. The molecule has 4 rings (SSSR count). The van der Waals surface area contributed by atoms with Crippen LogP contribution in [0, 0.1) is 6.92 Å². The first-order valence-corrected chi connectivity index (χ1v) is 10.7. The normalized spacial score (nSPS) is 12.8. The van der Waals surface area contributed by atoms with Crippen LogP contribution in [0.5, 0.6) is 17.2 Å². The van der Waals surface area contributed by atoms with Crippen molar-refractivity contribution in [2.24, 2.45) is 0 Å². The summed E-state index contributed by atoms with van der Waals surface area (Å²) in [5, 5.41) is 12.9. The van der Waals surface area contributed by atoms with Crippen molar-refractivity contribution in [1.29, 1.82) is 0 Å². The SMILES string of the molecule is Cc1nc(-c2ccc3c(c2)N(CC(=O)OC(C)(C)C)C(=O)c2c(OCC(=O)O)cccc2O3)no1. The number of carboxylic acid groups (broad SMARTS) is 1. The predicted molar refractivity (Wildman–Crippen MR) is 122 cm³/mol. The number of carboxylic acids is 1. The van der Waals surface area contributed by atoms with E-state index < -0.39 is 36.6 Å². The number of hydrogen-bond donors (Lipinski definition) is 1. The predicted octanol–water partition coefficient (Wildman–Crippen LogP) is 3.60. The number of aromatic nitrogens is 2. The smallest absolute Gasteiger partial charge is 0.341 e. The first-order valence-electron chi connectivity index (χ1n) is 10.7. The molecule has 0 saturated carbocycles. The molecule has 0 fully saturated rings. The van der Waals surface area contributed by atoms with Crippen molar-refractivity contribution in [3.8, 4) is 28.6 Å². The Balaban J connectivity index is 1.82. The van der Waals surface area contributed by atoms with Crippen molar-refractivity contribution >= 4 is 23.5 Å². The van der Waals surface area contributed by atoms with Gasteiger partial charge < -0.3 is 23.8 Å². The average Bonchev–Trinajstić information content (AvgIpc) is 3.16. The van der Waals surface area contributed by atoms with Gasteiger partial charge in [-0.2, -0.15) is 4.98 Å². The highest BCUT2D eigenvalue weighted by Crippen LogP contribution is 2.43. The quantitative estimate of drug-likeness (QED) is 0.519. The van der Waals surface area contributed by atoms with E-state index in [1.54, 1.807) is 58.0 Å². The number of carbonyl (C=O) groups excluding carboxylic acids is 2. The number of esters is 1. The van der Waals surface area contributed by atoms with Crippen molar-refractivity contribution in [2.45, 2.75) is 33.3 Å². The molecule has 3 aromatic rings. The molecule has 0 atom stereocenters. The maximum atomic E-state index is 13.8. The zero-order valence-electron chi connectivity index (χ0n) is 19.5. The Bertz CT molecular complexity index is 1310.